The fourth-order valence-corrected chi connectivity index (χ4v) is 2.30. The van der Waals surface area contributed by atoms with Crippen LogP contribution in [-0.2, 0) is 4.79 Å². The lowest BCUT2D eigenvalue weighted by molar-refractivity contribution is -0.137. The molecule has 0 radical (unpaired) electrons. The van der Waals surface area contributed by atoms with Crippen LogP contribution in [0.2, 0.25) is 0 Å². The first kappa shape index (κ1) is 19.2. The van der Waals surface area contributed by atoms with Crippen LogP contribution >= 0.6 is 0 Å². The number of hydrogen-bond donors (Lipinski definition) is 1. The van der Waals surface area contributed by atoms with Crippen LogP contribution in [0.5, 0.6) is 0 Å². The van der Waals surface area contributed by atoms with Crippen molar-refractivity contribution in [3.05, 3.63) is 12.2 Å². The summed E-state index contributed by atoms with van der Waals surface area (Å²) in [6.45, 7) is 4.59. The summed E-state index contributed by atoms with van der Waals surface area (Å²) in [5.41, 5.74) is 0. The minimum atomic E-state index is -0.665. The van der Waals surface area contributed by atoms with Gasteiger partial charge in [-0.15, -0.1) is 0 Å². The molecule has 0 spiro atoms. The van der Waals surface area contributed by atoms with Crippen LogP contribution in [0.15, 0.2) is 12.2 Å². The molecule has 0 aromatic rings. The molecule has 0 saturated carbocycles. The van der Waals surface area contributed by atoms with Gasteiger partial charge in [-0.05, 0) is 38.0 Å². The maximum atomic E-state index is 10.3. The van der Waals surface area contributed by atoms with Crippen LogP contribution in [-0.4, -0.2) is 11.1 Å². The van der Waals surface area contributed by atoms with Crippen LogP contribution < -0.4 is 0 Å². The molecule has 0 aliphatic carbocycles. The quantitative estimate of drug-likeness (QED) is 0.315. The summed E-state index contributed by atoms with van der Waals surface area (Å²) >= 11 is 0. The lowest BCUT2D eigenvalue weighted by atomic mass is 10.0. The molecule has 0 rings (SSSR count). The summed E-state index contributed by atoms with van der Waals surface area (Å²) < 4.78 is 0. The van der Waals surface area contributed by atoms with E-state index in [1.54, 1.807) is 0 Å². The smallest absolute Gasteiger partial charge is 0.303 e. The van der Waals surface area contributed by atoms with Crippen molar-refractivity contribution >= 4 is 5.97 Å². The Morgan fingerprint density at radius 3 is 1.90 bits per heavy atom. The SMILES string of the molecule is CC(C)CCCCC/C=C\CCCCCCCC(=O)O. The molecule has 0 aromatic carbocycles. The summed E-state index contributed by atoms with van der Waals surface area (Å²) in [5.74, 6) is 0.183. The van der Waals surface area contributed by atoms with Crippen molar-refractivity contribution in [1.82, 2.24) is 0 Å². The first-order valence-electron chi connectivity index (χ1n) is 8.49. The number of carboxylic acids is 1. The first-order valence-corrected chi connectivity index (χ1v) is 8.49. The Kier molecular flexibility index (Phi) is 14.0. The highest BCUT2D eigenvalue weighted by Crippen LogP contribution is 2.10. The van der Waals surface area contributed by atoms with Crippen molar-refractivity contribution in [1.29, 1.82) is 0 Å². The van der Waals surface area contributed by atoms with Crippen molar-refractivity contribution in [2.24, 2.45) is 5.92 Å². The molecule has 2 nitrogen and oxygen atoms in total. The normalized spacial score (nSPS) is 11.6. The molecule has 20 heavy (non-hydrogen) atoms. The van der Waals surface area contributed by atoms with E-state index in [1.807, 2.05) is 0 Å². The van der Waals surface area contributed by atoms with E-state index in [-0.39, 0.29) is 0 Å². The van der Waals surface area contributed by atoms with Crippen LogP contribution in [0.3, 0.4) is 0 Å². The number of aliphatic carboxylic acids is 1. The van der Waals surface area contributed by atoms with Gasteiger partial charge in [0, 0.05) is 6.42 Å². The van der Waals surface area contributed by atoms with Gasteiger partial charge in [-0.1, -0.05) is 64.5 Å². The molecule has 0 unspecified atom stereocenters. The van der Waals surface area contributed by atoms with E-state index in [0.717, 1.165) is 18.8 Å². The Bertz CT molecular complexity index is 244. The number of unbranched alkanes of at least 4 members (excludes halogenated alkanes) is 8. The van der Waals surface area contributed by atoms with Crippen molar-refractivity contribution in [3.63, 3.8) is 0 Å². The summed E-state index contributed by atoms with van der Waals surface area (Å²) in [6.07, 6.45) is 18.4. The van der Waals surface area contributed by atoms with Crippen LogP contribution in [0.1, 0.15) is 90.9 Å². The zero-order valence-corrected chi connectivity index (χ0v) is 13.6. The molecule has 0 fully saturated rings. The lowest BCUT2D eigenvalue weighted by Crippen LogP contribution is -1.93. The zero-order valence-electron chi connectivity index (χ0n) is 13.6. The second-order valence-electron chi connectivity index (χ2n) is 6.20. The number of carbonyl (C=O) groups is 1. The highest BCUT2D eigenvalue weighted by atomic mass is 16.4. The van der Waals surface area contributed by atoms with Crippen LogP contribution in [0.25, 0.3) is 0 Å². The van der Waals surface area contributed by atoms with Gasteiger partial charge in [0.25, 0.3) is 0 Å². The Morgan fingerprint density at radius 1 is 0.850 bits per heavy atom. The van der Waals surface area contributed by atoms with Crippen molar-refractivity contribution < 1.29 is 9.90 Å². The molecule has 0 aliphatic rings. The van der Waals surface area contributed by atoms with E-state index in [0.29, 0.717) is 6.42 Å². The van der Waals surface area contributed by atoms with Crippen LogP contribution in [0.4, 0.5) is 0 Å². The molecule has 0 aromatic heterocycles. The van der Waals surface area contributed by atoms with Crippen molar-refractivity contribution in [2.45, 2.75) is 90.9 Å². The van der Waals surface area contributed by atoms with Gasteiger partial charge in [0.05, 0.1) is 0 Å². The van der Waals surface area contributed by atoms with E-state index in [9.17, 15) is 4.79 Å². The Morgan fingerprint density at radius 2 is 1.35 bits per heavy atom. The van der Waals surface area contributed by atoms with Crippen LogP contribution in [0, 0.1) is 5.92 Å². The fraction of sp³-hybridized carbons (Fsp3) is 0.833. The molecule has 0 atom stereocenters. The number of allylic oxidation sites excluding steroid dienone is 2. The average molecular weight is 282 g/mol. The molecule has 118 valence electrons. The predicted molar refractivity (Wildman–Crippen MR) is 87.0 cm³/mol. The van der Waals surface area contributed by atoms with E-state index in [1.165, 1.54) is 57.8 Å². The molecule has 1 N–H and O–H groups in total. The number of hydrogen-bond acceptors (Lipinski definition) is 1. The van der Waals surface area contributed by atoms with E-state index < -0.39 is 5.97 Å². The fourth-order valence-electron chi connectivity index (χ4n) is 2.30. The average Bonchev–Trinajstić information content (AvgIpc) is 2.38. The van der Waals surface area contributed by atoms with E-state index in [2.05, 4.69) is 26.0 Å². The Hall–Kier alpha value is -0.790. The standard InChI is InChI=1S/C18H34O2/c1-17(2)15-13-11-9-7-5-3-4-6-8-10-12-14-16-18(19)20/h3,5,17H,4,6-16H2,1-2H3,(H,19,20)/b5-3-. The summed E-state index contributed by atoms with van der Waals surface area (Å²) in [6, 6.07) is 0. The summed E-state index contributed by atoms with van der Waals surface area (Å²) in [4.78, 5) is 10.3. The molecule has 2 heteroatoms. The molecular formula is C18H34O2. The Balaban J connectivity index is 3.10. The first-order chi connectivity index (χ1) is 9.63. The van der Waals surface area contributed by atoms with E-state index in [4.69, 9.17) is 5.11 Å². The van der Waals surface area contributed by atoms with Gasteiger partial charge in [-0.3, -0.25) is 4.79 Å². The maximum absolute atomic E-state index is 10.3. The maximum Gasteiger partial charge on any atom is 0.303 e. The molecule has 0 amide bonds. The van der Waals surface area contributed by atoms with Gasteiger partial charge in [-0.2, -0.15) is 0 Å². The zero-order chi connectivity index (χ0) is 15.1. The largest absolute Gasteiger partial charge is 0.481 e. The second kappa shape index (κ2) is 14.6. The third kappa shape index (κ3) is 17.2. The Labute approximate surface area is 125 Å². The topological polar surface area (TPSA) is 37.3 Å². The molecule has 0 saturated heterocycles. The minimum Gasteiger partial charge on any atom is -0.481 e. The predicted octanol–water partition coefficient (Wildman–Crippen LogP) is 5.96. The molecule has 0 bridgehead atoms. The van der Waals surface area contributed by atoms with Gasteiger partial charge in [0.15, 0.2) is 0 Å². The molecular weight excluding hydrogens is 248 g/mol. The third-order valence-corrected chi connectivity index (χ3v) is 3.58. The second-order valence-corrected chi connectivity index (χ2v) is 6.20. The van der Waals surface area contributed by atoms with Gasteiger partial charge in [-0.25, -0.2) is 0 Å². The summed E-state index contributed by atoms with van der Waals surface area (Å²) in [7, 11) is 0. The minimum absolute atomic E-state index is 0.330. The highest BCUT2D eigenvalue weighted by Gasteiger charge is 1.96. The van der Waals surface area contributed by atoms with Crippen molar-refractivity contribution in [2.75, 3.05) is 0 Å². The summed E-state index contributed by atoms with van der Waals surface area (Å²) in [5, 5.41) is 8.51. The van der Waals surface area contributed by atoms with Gasteiger partial charge >= 0.3 is 5.97 Å². The highest BCUT2D eigenvalue weighted by molar-refractivity contribution is 5.66. The molecule has 0 heterocycles. The lowest BCUT2D eigenvalue weighted by Gasteiger charge is -2.02. The third-order valence-electron chi connectivity index (χ3n) is 3.58. The monoisotopic (exact) mass is 282 g/mol. The van der Waals surface area contributed by atoms with Crippen molar-refractivity contribution in [3.8, 4) is 0 Å². The van der Waals surface area contributed by atoms with Gasteiger partial charge in [0.1, 0.15) is 0 Å². The molecule has 0 aliphatic heterocycles. The van der Waals surface area contributed by atoms with Gasteiger partial charge in [0.2, 0.25) is 0 Å². The number of rotatable bonds is 14. The number of carboxylic acid groups (broad SMARTS) is 1. The van der Waals surface area contributed by atoms with E-state index >= 15 is 0 Å². The van der Waals surface area contributed by atoms with Gasteiger partial charge < -0.3 is 5.11 Å².